The Morgan fingerprint density at radius 2 is 2.14 bits per heavy atom. The molecule has 1 aliphatic heterocycles. The minimum absolute atomic E-state index is 0.137. The van der Waals surface area contributed by atoms with Crippen LogP contribution < -0.4 is 0 Å². The molecule has 22 heavy (non-hydrogen) atoms. The number of hydrogen-bond acceptors (Lipinski definition) is 5. The molecule has 120 valence electrons. The molecule has 0 amide bonds. The Morgan fingerprint density at radius 1 is 1.45 bits per heavy atom. The maximum atomic E-state index is 11.7. The van der Waals surface area contributed by atoms with Crippen LogP contribution in [0, 0.1) is 5.92 Å². The minimum atomic E-state index is -0.754. The zero-order valence-corrected chi connectivity index (χ0v) is 13.0. The molecule has 0 saturated carbocycles. The molecule has 2 rings (SSSR count). The SMILES string of the molecule is C=C1CC[C@H]2C(=C)C(=O)O[C@@H]2/C=C(\C)[C@@H](OC(C)=O)C[C@H]1O. The van der Waals surface area contributed by atoms with Crippen LogP contribution in [0.4, 0.5) is 0 Å². The highest BCUT2D eigenvalue weighted by Crippen LogP contribution is 2.35. The maximum absolute atomic E-state index is 11.7. The fourth-order valence-electron chi connectivity index (χ4n) is 2.89. The fraction of sp³-hybridized carbons (Fsp3) is 0.529. The van der Waals surface area contributed by atoms with Crippen LogP contribution in [0.15, 0.2) is 36.0 Å². The summed E-state index contributed by atoms with van der Waals surface area (Å²) in [7, 11) is 0. The molecule has 5 nitrogen and oxygen atoms in total. The number of esters is 2. The first-order valence-corrected chi connectivity index (χ1v) is 7.40. The van der Waals surface area contributed by atoms with Gasteiger partial charge in [0.25, 0.3) is 0 Å². The molecule has 2 aliphatic rings. The van der Waals surface area contributed by atoms with Crippen LogP contribution in [-0.4, -0.2) is 35.4 Å². The summed E-state index contributed by atoms with van der Waals surface area (Å²) in [6.07, 6.45) is 1.56. The number of rotatable bonds is 1. The molecule has 0 radical (unpaired) electrons. The van der Waals surface area contributed by atoms with E-state index in [-0.39, 0.29) is 12.3 Å². The van der Waals surface area contributed by atoms with E-state index in [0.29, 0.717) is 24.0 Å². The molecule has 0 aromatic carbocycles. The summed E-state index contributed by atoms with van der Waals surface area (Å²) < 4.78 is 10.6. The highest BCUT2D eigenvalue weighted by Gasteiger charge is 2.38. The molecule has 1 saturated heterocycles. The van der Waals surface area contributed by atoms with E-state index in [0.717, 1.165) is 5.57 Å². The van der Waals surface area contributed by atoms with Crippen LogP contribution in [0.1, 0.15) is 33.1 Å². The third-order valence-electron chi connectivity index (χ3n) is 4.28. The van der Waals surface area contributed by atoms with Crippen LogP contribution >= 0.6 is 0 Å². The second-order valence-corrected chi connectivity index (χ2v) is 5.96. The van der Waals surface area contributed by atoms with Crippen molar-refractivity contribution in [3.05, 3.63) is 36.0 Å². The molecule has 1 N–H and O–H groups in total. The van der Waals surface area contributed by atoms with Crippen LogP contribution in [0.3, 0.4) is 0 Å². The van der Waals surface area contributed by atoms with Crippen molar-refractivity contribution >= 4 is 11.9 Å². The highest BCUT2D eigenvalue weighted by molar-refractivity contribution is 5.91. The molecule has 5 heteroatoms. The zero-order valence-electron chi connectivity index (χ0n) is 13.0. The zero-order chi connectivity index (χ0) is 16.4. The molecule has 0 bridgehead atoms. The summed E-state index contributed by atoms with van der Waals surface area (Å²) >= 11 is 0. The Hall–Kier alpha value is -1.88. The summed E-state index contributed by atoms with van der Waals surface area (Å²) in [6, 6.07) is 0. The Kier molecular flexibility index (Phi) is 4.86. The van der Waals surface area contributed by atoms with E-state index in [9.17, 15) is 14.7 Å². The van der Waals surface area contributed by atoms with E-state index in [1.807, 2.05) is 0 Å². The van der Waals surface area contributed by atoms with Gasteiger partial charge in [0, 0.05) is 24.8 Å². The minimum Gasteiger partial charge on any atom is -0.458 e. The van der Waals surface area contributed by atoms with Gasteiger partial charge in [-0.25, -0.2) is 4.79 Å². The van der Waals surface area contributed by atoms with Gasteiger partial charge in [-0.15, -0.1) is 0 Å². The Balaban J connectivity index is 2.33. The van der Waals surface area contributed by atoms with Crippen LogP contribution in [-0.2, 0) is 19.1 Å². The largest absolute Gasteiger partial charge is 0.458 e. The predicted molar refractivity (Wildman–Crippen MR) is 80.8 cm³/mol. The van der Waals surface area contributed by atoms with Gasteiger partial charge >= 0.3 is 11.9 Å². The topological polar surface area (TPSA) is 72.8 Å². The van der Waals surface area contributed by atoms with Gasteiger partial charge in [0.1, 0.15) is 12.2 Å². The smallest absolute Gasteiger partial charge is 0.334 e. The van der Waals surface area contributed by atoms with Crippen LogP contribution in [0.2, 0.25) is 0 Å². The molecule has 1 fully saturated rings. The molecule has 0 aromatic heterocycles. The van der Waals surface area contributed by atoms with Crippen molar-refractivity contribution in [3.63, 3.8) is 0 Å². The summed E-state index contributed by atoms with van der Waals surface area (Å²) in [4.78, 5) is 23.0. The third kappa shape index (κ3) is 3.47. The third-order valence-corrected chi connectivity index (χ3v) is 4.28. The molecule has 0 unspecified atom stereocenters. The lowest BCUT2D eigenvalue weighted by molar-refractivity contribution is -0.146. The van der Waals surface area contributed by atoms with E-state index in [4.69, 9.17) is 9.47 Å². The number of carbonyl (C=O) groups excluding carboxylic acids is 2. The number of carbonyl (C=O) groups is 2. The van der Waals surface area contributed by atoms with Gasteiger partial charge in [-0.05, 0) is 37.0 Å². The lowest BCUT2D eigenvalue weighted by Crippen LogP contribution is -2.28. The summed E-state index contributed by atoms with van der Waals surface area (Å²) in [6.45, 7) is 10.8. The number of ether oxygens (including phenoxy) is 2. The van der Waals surface area contributed by atoms with Crippen LogP contribution in [0.5, 0.6) is 0 Å². The second-order valence-electron chi connectivity index (χ2n) is 5.96. The van der Waals surface area contributed by atoms with Crippen molar-refractivity contribution in [1.82, 2.24) is 0 Å². The number of aliphatic hydroxyl groups excluding tert-OH is 1. The first-order valence-electron chi connectivity index (χ1n) is 7.40. The van der Waals surface area contributed by atoms with Crippen molar-refractivity contribution in [2.45, 2.75) is 51.4 Å². The van der Waals surface area contributed by atoms with Gasteiger partial charge in [-0.3, -0.25) is 4.79 Å². The number of hydrogen-bond donors (Lipinski definition) is 1. The summed E-state index contributed by atoms with van der Waals surface area (Å²) in [5, 5.41) is 10.2. The van der Waals surface area contributed by atoms with Crippen molar-refractivity contribution in [2.24, 2.45) is 5.92 Å². The normalized spacial score (nSPS) is 35.2. The van der Waals surface area contributed by atoms with Gasteiger partial charge in [0.2, 0.25) is 0 Å². The van der Waals surface area contributed by atoms with Gasteiger partial charge in [0.15, 0.2) is 0 Å². The van der Waals surface area contributed by atoms with Gasteiger partial charge in [0.05, 0.1) is 6.10 Å². The summed E-state index contributed by atoms with van der Waals surface area (Å²) in [5.74, 6) is -0.951. The Morgan fingerprint density at radius 3 is 2.77 bits per heavy atom. The van der Waals surface area contributed by atoms with E-state index >= 15 is 0 Å². The summed E-state index contributed by atoms with van der Waals surface area (Å²) in [5.41, 5.74) is 1.86. The van der Waals surface area contributed by atoms with Crippen molar-refractivity contribution < 1.29 is 24.2 Å². The lowest BCUT2D eigenvalue weighted by Gasteiger charge is -2.26. The van der Waals surface area contributed by atoms with E-state index in [1.54, 1.807) is 13.0 Å². The van der Waals surface area contributed by atoms with Crippen LogP contribution in [0.25, 0.3) is 0 Å². The van der Waals surface area contributed by atoms with Crippen molar-refractivity contribution in [2.75, 3.05) is 0 Å². The second kappa shape index (κ2) is 6.48. The number of fused-ring (bicyclic) bond motifs is 1. The fourth-order valence-corrected chi connectivity index (χ4v) is 2.89. The molecule has 0 aromatic rings. The lowest BCUT2D eigenvalue weighted by atomic mass is 9.85. The van der Waals surface area contributed by atoms with E-state index in [2.05, 4.69) is 13.2 Å². The van der Waals surface area contributed by atoms with Gasteiger partial charge < -0.3 is 14.6 Å². The maximum Gasteiger partial charge on any atom is 0.334 e. The van der Waals surface area contributed by atoms with Crippen molar-refractivity contribution in [1.29, 1.82) is 0 Å². The van der Waals surface area contributed by atoms with E-state index < -0.39 is 30.3 Å². The first kappa shape index (κ1) is 16.5. The predicted octanol–water partition coefficient (Wildman–Crippen LogP) is 2.06. The quantitative estimate of drug-likeness (QED) is 0.456. The van der Waals surface area contributed by atoms with Gasteiger partial charge in [-0.1, -0.05) is 13.2 Å². The Labute approximate surface area is 130 Å². The molecule has 4 atom stereocenters. The molecule has 1 heterocycles. The molecule has 0 spiro atoms. The number of aliphatic hydroxyl groups is 1. The average Bonchev–Trinajstić information content (AvgIpc) is 2.69. The van der Waals surface area contributed by atoms with Crippen molar-refractivity contribution in [3.8, 4) is 0 Å². The average molecular weight is 306 g/mol. The molecule has 1 aliphatic carbocycles. The molecular formula is C17H22O5. The Bertz CT molecular complexity index is 545. The molecular weight excluding hydrogens is 284 g/mol. The standard InChI is InChI=1S/C17H22O5/c1-9-5-6-13-11(3)17(20)22-16(13)7-10(2)15(8-14(9)19)21-12(4)18/h7,13-16,19H,1,3,5-6,8H2,2,4H3/b10-7+/t13-,14+,15-,16+/m0/s1. The first-order chi connectivity index (χ1) is 10.3. The van der Waals surface area contributed by atoms with Gasteiger partial charge in [-0.2, -0.15) is 0 Å². The monoisotopic (exact) mass is 306 g/mol. The highest BCUT2D eigenvalue weighted by atomic mass is 16.6. The van der Waals surface area contributed by atoms with E-state index in [1.165, 1.54) is 6.92 Å².